The summed E-state index contributed by atoms with van der Waals surface area (Å²) < 4.78 is 0. The predicted octanol–water partition coefficient (Wildman–Crippen LogP) is -0.525. The lowest BCUT2D eigenvalue weighted by Crippen LogP contribution is -2.44. The van der Waals surface area contributed by atoms with E-state index >= 15 is 0 Å². The summed E-state index contributed by atoms with van der Waals surface area (Å²) in [5, 5.41) is 2.51. The zero-order chi connectivity index (χ0) is 10.7. The summed E-state index contributed by atoms with van der Waals surface area (Å²) in [4.78, 5) is 33.6. The number of likely N-dealkylation sites (tertiary alicyclic amines) is 1. The Labute approximate surface area is 81.4 Å². The fraction of sp³-hybridized carbons (Fsp3) is 0.750. The zero-order valence-corrected chi connectivity index (χ0v) is 7.97. The van der Waals surface area contributed by atoms with Gasteiger partial charge in [-0.1, -0.05) is 12.1 Å². The second-order valence-electron chi connectivity index (χ2n) is 3.59. The van der Waals surface area contributed by atoms with Crippen LogP contribution in [0, 0.1) is 10.8 Å². The Morgan fingerprint density at radius 3 is 2.71 bits per heavy atom. The van der Waals surface area contributed by atoms with E-state index in [0.29, 0.717) is 13.0 Å². The number of primary amides is 1. The van der Waals surface area contributed by atoms with E-state index in [9.17, 15) is 14.5 Å². The number of rotatable bonds is 3. The number of carbonyl (C=O) groups excluding carboxylic acids is 2. The van der Waals surface area contributed by atoms with Crippen LogP contribution < -0.4 is 5.73 Å². The highest BCUT2D eigenvalue weighted by atomic mass is 16.3. The van der Waals surface area contributed by atoms with E-state index in [4.69, 9.17) is 5.73 Å². The van der Waals surface area contributed by atoms with Crippen molar-refractivity contribution in [1.82, 2.24) is 4.90 Å². The van der Waals surface area contributed by atoms with E-state index in [0.717, 1.165) is 0 Å². The van der Waals surface area contributed by atoms with Crippen molar-refractivity contribution in [2.75, 3.05) is 13.1 Å². The maximum absolute atomic E-state index is 11.3. The Kier molecular flexibility index (Phi) is 3.16. The van der Waals surface area contributed by atoms with Crippen molar-refractivity contribution >= 4 is 11.8 Å². The van der Waals surface area contributed by atoms with Gasteiger partial charge in [0.15, 0.2) is 6.54 Å². The minimum atomic E-state index is -0.570. The number of nitroso groups, excluding NO2 is 1. The normalized spacial score (nSPS) is 26.2. The van der Waals surface area contributed by atoms with Gasteiger partial charge >= 0.3 is 0 Å². The van der Waals surface area contributed by atoms with E-state index in [2.05, 4.69) is 5.18 Å². The fourth-order valence-corrected chi connectivity index (χ4v) is 1.74. The van der Waals surface area contributed by atoms with Crippen molar-refractivity contribution in [3.63, 3.8) is 0 Å². The number of hydrogen-bond donors (Lipinski definition) is 1. The summed E-state index contributed by atoms with van der Waals surface area (Å²) in [6.45, 7) is 1.98. The monoisotopic (exact) mass is 199 g/mol. The molecule has 78 valence electrons. The molecule has 1 rings (SSSR count). The van der Waals surface area contributed by atoms with Crippen LogP contribution in [0.15, 0.2) is 5.18 Å². The molecule has 0 radical (unpaired) electrons. The lowest BCUT2D eigenvalue weighted by atomic mass is 10.1. The SMILES string of the molecule is C[C@H]1CC(C(N)=O)N(C(=O)CN=O)C1. The molecule has 1 saturated heterocycles. The molecule has 2 atom stereocenters. The number of nitrogens with two attached hydrogens (primary N) is 1. The first kappa shape index (κ1) is 10.6. The van der Waals surface area contributed by atoms with Gasteiger partial charge in [0.05, 0.1) is 0 Å². The highest BCUT2D eigenvalue weighted by molar-refractivity contribution is 5.88. The third-order valence-electron chi connectivity index (χ3n) is 2.36. The second-order valence-corrected chi connectivity index (χ2v) is 3.59. The van der Waals surface area contributed by atoms with Crippen LogP contribution in [0.5, 0.6) is 0 Å². The van der Waals surface area contributed by atoms with Crippen molar-refractivity contribution in [2.24, 2.45) is 16.8 Å². The molecule has 1 unspecified atom stereocenters. The minimum absolute atomic E-state index is 0.239. The van der Waals surface area contributed by atoms with Crippen molar-refractivity contribution < 1.29 is 9.59 Å². The number of amides is 2. The van der Waals surface area contributed by atoms with Gasteiger partial charge < -0.3 is 10.6 Å². The van der Waals surface area contributed by atoms with E-state index < -0.39 is 24.4 Å². The summed E-state index contributed by atoms with van der Waals surface area (Å²) in [5.41, 5.74) is 5.14. The van der Waals surface area contributed by atoms with Crippen LogP contribution in [0.25, 0.3) is 0 Å². The Hall–Kier alpha value is -1.46. The molecular weight excluding hydrogens is 186 g/mol. The maximum atomic E-state index is 11.3. The number of nitrogens with zero attached hydrogens (tertiary/aromatic N) is 2. The first-order chi connectivity index (χ1) is 6.56. The summed E-state index contributed by atoms with van der Waals surface area (Å²) in [6.07, 6.45) is 0.569. The summed E-state index contributed by atoms with van der Waals surface area (Å²) >= 11 is 0. The Morgan fingerprint density at radius 2 is 2.21 bits per heavy atom. The Balaban J connectivity index is 2.70. The molecule has 0 aromatic heterocycles. The van der Waals surface area contributed by atoms with Crippen LogP contribution in [0.1, 0.15) is 13.3 Å². The number of carbonyl (C=O) groups is 2. The van der Waals surface area contributed by atoms with Gasteiger partial charge in [0, 0.05) is 6.54 Å². The molecule has 14 heavy (non-hydrogen) atoms. The Morgan fingerprint density at radius 1 is 1.57 bits per heavy atom. The highest BCUT2D eigenvalue weighted by Crippen LogP contribution is 2.22. The fourth-order valence-electron chi connectivity index (χ4n) is 1.74. The van der Waals surface area contributed by atoms with E-state index in [1.165, 1.54) is 4.90 Å². The topological polar surface area (TPSA) is 92.8 Å². The lowest BCUT2D eigenvalue weighted by molar-refractivity contribution is -0.136. The largest absolute Gasteiger partial charge is 0.368 e. The van der Waals surface area contributed by atoms with Crippen molar-refractivity contribution in [2.45, 2.75) is 19.4 Å². The molecule has 1 heterocycles. The van der Waals surface area contributed by atoms with Gasteiger partial charge in [-0.2, -0.15) is 4.91 Å². The van der Waals surface area contributed by atoms with Crippen LogP contribution >= 0.6 is 0 Å². The van der Waals surface area contributed by atoms with E-state index in [1.807, 2.05) is 6.92 Å². The molecule has 0 aliphatic carbocycles. The molecular formula is C8H13N3O3. The first-order valence-corrected chi connectivity index (χ1v) is 4.44. The predicted molar refractivity (Wildman–Crippen MR) is 49.1 cm³/mol. The molecule has 2 N–H and O–H groups in total. The highest BCUT2D eigenvalue weighted by Gasteiger charge is 2.36. The summed E-state index contributed by atoms with van der Waals surface area (Å²) in [6, 6.07) is -0.570. The van der Waals surface area contributed by atoms with Gasteiger partial charge in [-0.05, 0) is 12.3 Å². The smallest absolute Gasteiger partial charge is 0.248 e. The summed E-state index contributed by atoms with van der Waals surface area (Å²) in [7, 11) is 0. The molecule has 0 spiro atoms. The molecule has 2 amide bonds. The van der Waals surface area contributed by atoms with Crippen LogP contribution in [-0.2, 0) is 9.59 Å². The lowest BCUT2D eigenvalue weighted by Gasteiger charge is -2.20. The van der Waals surface area contributed by atoms with Gasteiger partial charge in [0.25, 0.3) is 0 Å². The van der Waals surface area contributed by atoms with Gasteiger partial charge in [-0.15, -0.1) is 0 Å². The van der Waals surface area contributed by atoms with Crippen LogP contribution in [0.4, 0.5) is 0 Å². The third-order valence-corrected chi connectivity index (χ3v) is 2.36. The van der Waals surface area contributed by atoms with E-state index in [-0.39, 0.29) is 5.92 Å². The van der Waals surface area contributed by atoms with Gasteiger partial charge in [0.1, 0.15) is 6.04 Å². The number of hydrogen-bond acceptors (Lipinski definition) is 4. The maximum Gasteiger partial charge on any atom is 0.248 e. The molecule has 1 aliphatic rings. The van der Waals surface area contributed by atoms with Crippen molar-refractivity contribution in [3.05, 3.63) is 4.91 Å². The third kappa shape index (κ3) is 2.07. The first-order valence-electron chi connectivity index (χ1n) is 4.44. The molecule has 0 aromatic carbocycles. The molecule has 1 fully saturated rings. The van der Waals surface area contributed by atoms with Crippen molar-refractivity contribution in [3.8, 4) is 0 Å². The van der Waals surface area contributed by atoms with Crippen molar-refractivity contribution in [1.29, 1.82) is 0 Å². The average Bonchev–Trinajstić information content (AvgIpc) is 2.48. The molecule has 0 bridgehead atoms. The molecule has 0 aromatic rings. The van der Waals surface area contributed by atoms with Gasteiger partial charge in [-0.25, -0.2) is 0 Å². The second kappa shape index (κ2) is 4.17. The quantitative estimate of drug-likeness (QED) is 0.619. The average molecular weight is 199 g/mol. The van der Waals surface area contributed by atoms with E-state index in [1.54, 1.807) is 0 Å². The van der Waals surface area contributed by atoms with Crippen LogP contribution in [-0.4, -0.2) is 35.8 Å². The standard InChI is InChI=1S/C8H13N3O3/c1-5-2-6(8(9)13)11(4-5)7(12)3-10-14/h5-6H,2-4H2,1H3,(H2,9,13)/t5-,6?/m0/s1. The zero-order valence-electron chi connectivity index (χ0n) is 7.97. The molecule has 6 heteroatoms. The van der Waals surface area contributed by atoms with Crippen LogP contribution in [0.2, 0.25) is 0 Å². The van der Waals surface area contributed by atoms with Gasteiger partial charge in [-0.3, -0.25) is 9.59 Å². The molecule has 6 nitrogen and oxygen atoms in total. The van der Waals surface area contributed by atoms with Gasteiger partial charge in [0.2, 0.25) is 11.8 Å². The molecule has 1 aliphatic heterocycles. The van der Waals surface area contributed by atoms with Crippen LogP contribution in [0.3, 0.4) is 0 Å². The minimum Gasteiger partial charge on any atom is -0.368 e. The summed E-state index contributed by atoms with van der Waals surface area (Å²) in [5.74, 6) is -0.704. The molecule has 0 saturated carbocycles. The Bertz CT molecular complexity index is 267.